The van der Waals surface area contributed by atoms with Crippen LogP contribution in [0.15, 0.2) is 35.4 Å². The zero-order valence-corrected chi connectivity index (χ0v) is 29.1. The second-order valence-corrected chi connectivity index (χ2v) is 16.5. The lowest BCUT2D eigenvalue weighted by Gasteiger charge is -2.49. The van der Waals surface area contributed by atoms with Crippen molar-refractivity contribution >= 4 is 50.9 Å². The fourth-order valence-corrected chi connectivity index (χ4v) is 8.22. The molecular weight excluding hydrogens is 733 g/mol. The molecule has 3 aliphatic rings. The molecule has 1 aromatic carbocycles. The maximum absolute atomic E-state index is 15.5. The molecule has 1 saturated carbocycles. The number of benzene rings is 1. The molecule has 12 nitrogen and oxygen atoms in total. The number of rotatable bonds is 8. The first-order chi connectivity index (χ1) is 23.1. The minimum Gasteiger partial charge on any atom is -0.484 e. The molecule has 3 fully saturated rings. The summed E-state index contributed by atoms with van der Waals surface area (Å²) in [6.45, 7) is 1.74. The minimum atomic E-state index is -4.66. The first-order valence-corrected chi connectivity index (χ1v) is 17.5. The van der Waals surface area contributed by atoms with E-state index < -0.39 is 116 Å². The van der Waals surface area contributed by atoms with Gasteiger partial charge < -0.3 is 24.6 Å². The van der Waals surface area contributed by atoms with Crippen molar-refractivity contribution in [1.29, 1.82) is 5.26 Å². The average molecular weight is 765 g/mol. The quantitative estimate of drug-likeness (QED) is 0.380. The monoisotopic (exact) mass is 763 g/mol. The van der Waals surface area contributed by atoms with Gasteiger partial charge in [-0.2, -0.15) is 18.4 Å². The number of ether oxygens (including phenoxy) is 2. The van der Waals surface area contributed by atoms with Crippen molar-refractivity contribution < 1.29 is 49.8 Å². The van der Waals surface area contributed by atoms with E-state index in [9.17, 15) is 41.2 Å². The summed E-state index contributed by atoms with van der Waals surface area (Å²) in [7, 11) is -4.49. The summed E-state index contributed by atoms with van der Waals surface area (Å²) < 4.78 is 91.4. The molecule has 0 radical (unpaired) electrons. The number of sulfone groups is 1. The van der Waals surface area contributed by atoms with Crippen LogP contribution in [-0.4, -0.2) is 96.0 Å². The SMILES string of the molecule is CC(C)(C)OC(=O)N1CC(C(=O)N2CC(S(=O)(=O)c3ccc(OCC(F)(F)F)cc3Cl)CC2C(=O)NC2(C#N)CC2)(c2ncc(Cl)cc2F)C1. The number of pyridine rings is 1. The summed E-state index contributed by atoms with van der Waals surface area (Å²) in [5, 5.41) is 10.1. The molecule has 2 aliphatic heterocycles. The molecule has 50 heavy (non-hydrogen) atoms. The van der Waals surface area contributed by atoms with Crippen LogP contribution in [0.5, 0.6) is 5.75 Å². The van der Waals surface area contributed by atoms with Crippen molar-refractivity contribution in [3.63, 3.8) is 0 Å². The second kappa shape index (κ2) is 13.0. The third-order valence-corrected chi connectivity index (χ3v) is 11.3. The Bertz CT molecular complexity index is 1870. The number of hydrogen-bond acceptors (Lipinski definition) is 9. The highest BCUT2D eigenvalue weighted by atomic mass is 35.5. The van der Waals surface area contributed by atoms with Gasteiger partial charge in [0.15, 0.2) is 16.4 Å². The minimum absolute atomic E-state index is 0.0836. The molecule has 2 aromatic rings. The Kier molecular flexibility index (Phi) is 9.74. The number of hydrogen-bond donors (Lipinski definition) is 1. The fraction of sp³-hybridized carbons (Fsp3) is 0.516. The highest BCUT2D eigenvalue weighted by Gasteiger charge is 2.60. The largest absolute Gasteiger partial charge is 0.484 e. The molecule has 19 heteroatoms. The summed E-state index contributed by atoms with van der Waals surface area (Å²) >= 11 is 12.1. The van der Waals surface area contributed by atoms with E-state index in [1.54, 1.807) is 20.8 Å². The Morgan fingerprint density at radius 2 is 1.80 bits per heavy atom. The van der Waals surface area contributed by atoms with E-state index in [1.165, 1.54) is 0 Å². The molecule has 1 N–H and O–H groups in total. The molecule has 270 valence electrons. The number of nitrogens with zero attached hydrogens (tertiary/aromatic N) is 4. The van der Waals surface area contributed by atoms with Gasteiger partial charge in [0.2, 0.25) is 11.8 Å². The lowest BCUT2D eigenvalue weighted by Crippen LogP contribution is -2.69. The van der Waals surface area contributed by atoms with Crippen LogP contribution in [0.2, 0.25) is 10.0 Å². The molecule has 3 amide bonds. The Balaban J connectivity index is 1.50. The van der Waals surface area contributed by atoms with Crippen molar-refractivity contribution in [2.24, 2.45) is 0 Å². The van der Waals surface area contributed by atoms with Gasteiger partial charge in [-0.15, -0.1) is 0 Å². The van der Waals surface area contributed by atoms with Gasteiger partial charge in [0.05, 0.1) is 32.0 Å². The first-order valence-electron chi connectivity index (χ1n) is 15.2. The molecule has 0 spiro atoms. The summed E-state index contributed by atoms with van der Waals surface area (Å²) in [6.07, 6.45) is -4.21. The van der Waals surface area contributed by atoms with Gasteiger partial charge in [0.1, 0.15) is 34.2 Å². The standard InChI is InChI=1S/C31H31Cl2F4N5O7S/c1-28(2,3)49-27(45)41-14-30(15-41,24-21(34)8-17(32)11-39-24)26(44)42-12-19(10-22(42)25(43)40-29(13-38)6-7-29)50(46,47)23-5-4-18(9-20(23)33)48-16-31(35,36)37/h4-5,8-9,11,19,22H,6-7,10,12,14-16H2,1-3H3,(H,40,43). The molecule has 2 unspecified atom stereocenters. The van der Waals surface area contributed by atoms with E-state index in [0.29, 0.717) is 12.8 Å². The average Bonchev–Trinajstić information content (AvgIpc) is 3.59. The van der Waals surface area contributed by atoms with Crippen LogP contribution in [0.25, 0.3) is 0 Å². The molecule has 1 aromatic heterocycles. The first kappa shape index (κ1) is 37.4. The molecule has 3 heterocycles. The molecule has 2 saturated heterocycles. The number of aromatic nitrogens is 1. The number of likely N-dealkylation sites (tertiary alicyclic amines) is 2. The molecule has 5 rings (SSSR count). The van der Waals surface area contributed by atoms with E-state index >= 15 is 4.39 Å². The van der Waals surface area contributed by atoms with Crippen molar-refractivity contribution in [1.82, 2.24) is 20.1 Å². The van der Waals surface area contributed by atoms with Crippen molar-refractivity contribution in [2.45, 2.75) is 79.0 Å². The van der Waals surface area contributed by atoms with Crippen molar-refractivity contribution in [3.05, 3.63) is 52.0 Å². The number of carbonyl (C=O) groups is 3. The predicted octanol–water partition coefficient (Wildman–Crippen LogP) is 4.57. The zero-order chi connectivity index (χ0) is 37.0. The molecule has 0 bridgehead atoms. The third-order valence-electron chi connectivity index (χ3n) is 8.45. The smallest absolute Gasteiger partial charge is 0.422 e. The van der Waals surface area contributed by atoms with E-state index in [0.717, 1.165) is 40.3 Å². The Morgan fingerprint density at radius 1 is 1.14 bits per heavy atom. The van der Waals surface area contributed by atoms with Crippen LogP contribution in [0.3, 0.4) is 0 Å². The highest BCUT2D eigenvalue weighted by molar-refractivity contribution is 7.92. The zero-order valence-electron chi connectivity index (χ0n) is 26.8. The van der Waals surface area contributed by atoms with Crippen molar-refractivity contribution in [2.75, 3.05) is 26.2 Å². The summed E-state index contributed by atoms with van der Waals surface area (Å²) in [4.78, 5) is 46.8. The number of halogens is 6. The van der Waals surface area contributed by atoms with Crippen molar-refractivity contribution in [3.8, 4) is 11.8 Å². The van der Waals surface area contributed by atoms with E-state index in [-0.39, 0.29) is 10.8 Å². The van der Waals surface area contributed by atoms with Crippen LogP contribution in [-0.2, 0) is 29.6 Å². The van der Waals surface area contributed by atoms with Crippen LogP contribution in [0.1, 0.15) is 45.7 Å². The van der Waals surface area contributed by atoms with Gasteiger partial charge in [-0.3, -0.25) is 14.6 Å². The van der Waals surface area contributed by atoms with Crippen LogP contribution < -0.4 is 10.1 Å². The normalized spacial score (nSPS) is 21.1. The number of nitriles is 1. The topological polar surface area (TPSA) is 159 Å². The molecule has 1 aliphatic carbocycles. The predicted molar refractivity (Wildman–Crippen MR) is 169 cm³/mol. The maximum Gasteiger partial charge on any atom is 0.422 e. The third kappa shape index (κ3) is 7.57. The molecule has 2 atom stereocenters. The lowest BCUT2D eigenvalue weighted by molar-refractivity contribution is -0.153. The van der Waals surface area contributed by atoms with Gasteiger partial charge in [-0.1, -0.05) is 23.2 Å². The fourth-order valence-electron chi connectivity index (χ4n) is 5.84. The van der Waals surface area contributed by atoms with Gasteiger partial charge in [0, 0.05) is 31.9 Å². The van der Waals surface area contributed by atoms with Crippen LogP contribution in [0.4, 0.5) is 22.4 Å². The van der Waals surface area contributed by atoms with Gasteiger partial charge in [-0.05, 0) is 58.2 Å². The number of nitrogens with one attached hydrogen (secondary N) is 1. The number of alkyl halides is 3. The summed E-state index contributed by atoms with van der Waals surface area (Å²) in [5.41, 5.74) is -4.41. The van der Waals surface area contributed by atoms with Gasteiger partial charge >= 0.3 is 12.3 Å². The van der Waals surface area contributed by atoms with E-state index in [1.807, 2.05) is 6.07 Å². The Labute approximate surface area is 294 Å². The second-order valence-electron chi connectivity index (χ2n) is 13.5. The molecular formula is C31H31Cl2F4N5O7S. The van der Waals surface area contributed by atoms with Gasteiger partial charge in [0.25, 0.3) is 0 Å². The number of carbonyl (C=O) groups excluding carboxylic acids is 3. The highest BCUT2D eigenvalue weighted by Crippen LogP contribution is 2.42. The Hall–Kier alpha value is -3.88. The van der Waals surface area contributed by atoms with E-state index in [2.05, 4.69) is 15.0 Å². The summed E-state index contributed by atoms with van der Waals surface area (Å²) in [6, 6.07) is 4.27. The van der Waals surface area contributed by atoms with Crippen LogP contribution >= 0.6 is 23.2 Å². The lowest BCUT2D eigenvalue weighted by atomic mass is 9.74. The van der Waals surface area contributed by atoms with E-state index in [4.69, 9.17) is 27.9 Å². The van der Waals surface area contributed by atoms with Gasteiger partial charge in [-0.25, -0.2) is 17.6 Å². The number of amides is 3. The van der Waals surface area contributed by atoms with Crippen LogP contribution in [0, 0.1) is 17.1 Å². The Morgan fingerprint density at radius 3 is 2.34 bits per heavy atom. The summed E-state index contributed by atoms with van der Waals surface area (Å²) in [5.74, 6) is -3.09. The maximum atomic E-state index is 15.5.